The molecule has 0 atom stereocenters. The molecular weight excluding hydrogens is 322 g/mol. The number of hydrogen-bond acceptors (Lipinski definition) is 7. The topological polar surface area (TPSA) is 86.0 Å². The van der Waals surface area contributed by atoms with Crippen LogP contribution >= 0.6 is 23.1 Å². The SMILES string of the molecule is CC(=O)c1cc([N+](=O)[O-])c(Sc2cnc3ccccc3n2)s1. The number of nitro groups is 1. The second-order valence-corrected chi connectivity index (χ2v) is 6.74. The average Bonchev–Trinajstić information content (AvgIpc) is 2.91. The zero-order chi connectivity index (χ0) is 15.7. The average molecular weight is 331 g/mol. The van der Waals surface area contributed by atoms with Crippen molar-refractivity contribution in [3.63, 3.8) is 0 Å². The minimum atomic E-state index is -0.486. The minimum absolute atomic E-state index is 0.0739. The highest BCUT2D eigenvalue weighted by Crippen LogP contribution is 2.40. The Morgan fingerprint density at radius 2 is 2.05 bits per heavy atom. The number of benzene rings is 1. The molecule has 0 aliphatic carbocycles. The lowest BCUT2D eigenvalue weighted by Crippen LogP contribution is -1.89. The summed E-state index contributed by atoms with van der Waals surface area (Å²) in [5, 5.41) is 11.7. The Kier molecular flexibility index (Phi) is 3.86. The molecule has 0 aliphatic heterocycles. The molecule has 0 amide bonds. The van der Waals surface area contributed by atoms with Crippen LogP contribution in [0.2, 0.25) is 0 Å². The molecule has 0 radical (unpaired) electrons. The Morgan fingerprint density at radius 3 is 2.73 bits per heavy atom. The molecule has 0 unspecified atom stereocenters. The smallest absolute Gasteiger partial charge is 0.294 e. The second-order valence-electron chi connectivity index (χ2n) is 4.40. The van der Waals surface area contributed by atoms with Gasteiger partial charge in [0.05, 0.1) is 27.0 Å². The van der Waals surface area contributed by atoms with Crippen LogP contribution in [0.5, 0.6) is 0 Å². The van der Waals surface area contributed by atoms with Crippen molar-refractivity contribution in [1.82, 2.24) is 9.97 Å². The summed E-state index contributed by atoms with van der Waals surface area (Å²) in [6.07, 6.45) is 1.57. The highest BCUT2D eigenvalue weighted by molar-refractivity contribution is 8.01. The predicted octanol–water partition coefficient (Wildman–Crippen LogP) is 3.95. The molecule has 8 heteroatoms. The summed E-state index contributed by atoms with van der Waals surface area (Å²) in [4.78, 5) is 31.1. The lowest BCUT2D eigenvalue weighted by atomic mass is 10.3. The van der Waals surface area contributed by atoms with Gasteiger partial charge in [-0.25, -0.2) is 4.98 Å². The van der Waals surface area contributed by atoms with E-state index in [4.69, 9.17) is 0 Å². The maximum Gasteiger partial charge on any atom is 0.294 e. The lowest BCUT2D eigenvalue weighted by Gasteiger charge is -2.00. The summed E-state index contributed by atoms with van der Waals surface area (Å²) < 4.78 is 0.430. The molecule has 0 aliphatic rings. The molecule has 0 saturated heterocycles. The molecule has 2 aromatic heterocycles. The lowest BCUT2D eigenvalue weighted by molar-refractivity contribution is -0.387. The monoisotopic (exact) mass is 331 g/mol. The number of fused-ring (bicyclic) bond motifs is 1. The quantitative estimate of drug-likeness (QED) is 0.409. The fourth-order valence-corrected chi connectivity index (χ4v) is 3.94. The van der Waals surface area contributed by atoms with Crippen molar-refractivity contribution in [3.8, 4) is 0 Å². The van der Waals surface area contributed by atoms with Crippen LogP contribution in [0.25, 0.3) is 11.0 Å². The zero-order valence-electron chi connectivity index (χ0n) is 11.3. The third-order valence-corrected chi connectivity index (χ3v) is 5.17. The van der Waals surface area contributed by atoms with Crippen molar-refractivity contribution in [2.75, 3.05) is 0 Å². The van der Waals surface area contributed by atoms with Gasteiger partial charge in [-0.2, -0.15) is 0 Å². The van der Waals surface area contributed by atoms with Crippen molar-refractivity contribution in [3.05, 3.63) is 51.5 Å². The molecule has 6 nitrogen and oxygen atoms in total. The van der Waals surface area contributed by atoms with Gasteiger partial charge in [-0.1, -0.05) is 23.9 Å². The van der Waals surface area contributed by atoms with Crippen molar-refractivity contribution in [2.24, 2.45) is 0 Å². The van der Waals surface area contributed by atoms with Crippen molar-refractivity contribution in [1.29, 1.82) is 0 Å². The number of carbonyl (C=O) groups excluding carboxylic acids is 1. The number of aromatic nitrogens is 2. The number of carbonyl (C=O) groups is 1. The Hall–Kier alpha value is -2.32. The van der Waals surface area contributed by atoms with Crippen LogP contribution in [-0.2, 0) is 0 Å². The molecule has 3 rings (SSSR count). The van der Waals surface area contributed by atoms with Crippen molar-refractivity contribution < 1.29 is 9.72 Å². The third kappa shape index (κ3) is 2.83. The summed E-state index contributed by atoms with van der Waals surface area (Å²) in [7, 11) is 0. The molecule has 0 saturated carbocycles. The Bertz CT molecular complexity index is 892. The number of rotatable bonds is 4. The van der Waals surface area contributed by atoms with E-state index in [9.17, 15) is 14.9 Å². The highest BCUT2D eigenvalue weighted by atomic mass is 32.2. The van der Waals surface area contributed by atoms with Crippen LogP contribution in [0.15, 0.2) is 45.8 Å². The van der Waals surface area contributed by atoms with Gasteiger partial charge in [0.2, 0.25) is 0 Å². The number of ketones is 1. The van der Waals surface area contributed by atoms with Gasteiger partial charge in [-0.15, -0.1) is 11.3 Å². The molecule has 22 heavy (non-hydrogen) atoms. The normalized spacial score (nSPS) is 10.8. The van der Waals surface area contributed by atoms with Crippen LogP contribution in [-0.4, -0.2) is 20.7 Å². The fraction of sp³-hybridized carbons (Fsp3) is 0.0714. The number of nitrogens with zero attached hydrogens (tertiary/aromatic N) is 3. The third-order valence-electron chi connectivity index (χ3n) is 2.85. The standard InChI is InChI=1S/C14H9N3O3S2/c1-8(18)12-6-11(17(19)20)14(21-12)22-13-7-15-9-4-2-3-5-10(9)16-13/h2-7H,1H3. The summed E-state index contributed by atoms with van der Waals surface area (Å²) in [5.74, 6) is -0.190. The van der Waals surface area contributed by atoms with E-state index < -0.39 is 4.92 Å². The fourth-order valence-electron chi connectivity index (χ4n) is 1.82. The van der Waals surface area contributed by atoms with E-state index in [0.29, 0.717) is 14.1 Å². The van der Waals surface area contributed by atoms with Gasteiger partial charge in [0.1, 0.15) is 9.24 Å². The van der Waals surface area contributed by atoms with Gasteiger partial charge in [0.25, 0.3) is 5.69 Å². The van der Waals surface area contributed by atoms with E-state index in [2.05, 4.69) is 9.97 Å². The molecule has 2 heterocycles. The summed E-state index contributed by atoms with van der Waals surface area (Å²) in [5.41, 5.74) is 1.41. The van der Waals surface area contributed by atoms with E-state index in [0.717, 1.165) is 34.1 Å². The van der Waals surface area contributed by atoms with Crippen molar-refractivity contribution >= 4 is 45.6 Å². The van der Waals surface area contributed by atoms with Gasteiger partial charge in [0, 0.05) is 6.07 Å². The zero-order valence-corrected chi connectivity index (χ0v) is 13.0. The van der Waals surface area contributed by atoms with Gasteiger partial charge in [-0.3, -0.25) is 19.9 Å². The highest BCUT2D eigenvalue weighted by Gasteiger charge is 2.22. The maximum absolute atomic E-state index is 11.4. The van der Waals surface area contributed by atoms with Crippen LogP contribution in [0, 0.1) is 10.1 Å². The molecule has 0 bridgehead atoms. The summed E-state index contributed by atoms with van der Waals surface area (Å²) in [6, 6.07) is 8.71. The largest absolute Gasteiger partial charge is 0.294 e. The van der Waals surface area contributed by atoms with E-state index in [1.165, 1.54) is 13.0 Å². The van der Waals surface area contributed by atoms with Crippen LogP contribution < -0.4 is 0 Å². The van der Waals surface area contributed by atoms with Gasteiger partial charge in [0.15, 0.2) is 5.78 Å². The molecule has 0 N–H and O–H groups in total. The second kappa shape index (κ2) is 5.82. The first-order valence-electron chi connectivity index (χ1n) is 6.23. The number of para-hydroxylation sites is 2. The molecule has 0 spiro atoms. The molecular formula is C14H9N3O3S2. The molecule has 3 aromatic rings. The number of thiophene rings is 1. The minimum Gasteiger partial charge on any atom is -0.294 e. The maximum atomic E-state index is 11.4. The van der Waals surface area contributed by atoms with Gasteiger partial charge >= 0.3 is 0 Å². The molecule has 110 valence electrons. The van der Waals surface area contributed by atoms with E-state index in [-0.39, 0.29) is 11.5 Å². The van der Waals surface area contributed by atoms with E-state index in [1.807, 2.05) is 24.3 Å². The predicted molar refractivity (Wildman–Crippen MR) is 84.6 cm³/mol. The first kappa shape index (κ1) is 14.6. The van der Waals surface area contributed by atoms with Crippen molar-refractivity contribution in [2.45, 2.75) is 16.2 Å². The van der Waals surface area contributed by atoms with E-state index >= 15 is 0 Å². The van der Waals surface area contributed by atoms with Gasteiger partial charge < -0.3 is 0 Å². The summed E-state index contributed by atoms with van der Waals surface area (Å²) >= 11 is 2.25. The number of hydrogen-bond donors (Lipinski definition) is 0. The Morgan fingerprint density at radius 1 is 1.32 bits per heavy atom. The Balaban J connectivity index is 2.00. The first-order valence-corrected chi connectivity index (χ1v) is 7.86. The van der Waals surface area contributed by atoms with Gasteiger partial charge in [-0.05, 0) is 19.1 Å². The van der Waals surface area contributed by atoms with Crippen LogP contribution in [0.1, 0.15) is 16.6 Å². The summed E-state index contributed by atoms with van der Waals surface area (Å²) in [6.45, 7) is 1.39. The van der Waals surface area contributed by atoms with Crippen LogP contribution in [0.3, 0.4) is 0 Å². The molecule has 0 fully saturated rings. The first-order chi connectivity index (χ1) is 10.5. The van der Waals surface area contributed by atoms with Crippen LogP contribution in [0.4, 0.5) is 5.69 Å². The number of Topliss-reactive ketones (excluding diaryl/α,β-unsaturated/α-hetero) is 1. The Labute approximate surface area is 133 Å². The van der Waals surface area contributed by atoms with E-state index in [1.54, 1.807) is 6.20 Å². The molecule has 1 aromatic carbocycles.